The van der Waals surface area contributed by atoms with Crippen LogP contribution in [-0.4, -0.2) is 8.41 Å². The van der Waals surface area contributed by atoms with E-state index in [9.17, 15) is 0 Å². The van der Waals surface area contributed by atoms with Gasteiger partial charge in [0.2, 0.25) is 0 Å². The summed E-state index contributed by atoms with van der Waals surface area (Å²) in [6, 6.07) is 0. The minimum atomic E-state index is 0. The van der Waals surface area contributed by atoms with Crippen LogP contribution < -0.4 is 0 Å². The average Bonchev–Trinajstić information content (AvgIpc) is 0. The van der Waals surface area contributed by atoms with Crippen LogP contribution in [0.4, 0.5) is 0 Å². The second-order valence-electron chi connectivity index (χ2n) is 0. The first-order valence-electron chi connectivity index (χ1n) is 0. The summed E-state index contributed by atoms with van der Waals surface area (Å²) < 4.78 is 0. The smallest absolute Gasteiger partial charge is 2.00 e. The van der Waals surface area contributed by atoms with Gasteiger partial charge in [-0.15, -0.1) is 0 Å². The third-order valence-corrected chi connectivity index (χ3v) is 0. The van der Waals surface area contributed by atoms with Gasteiger partial charge in [-0.25, -0.2) is 0 Å². The van der Waals surface area contributed by atoms with Gasteiger partial charge in [0.05, 0.1) is 0 Å². The molecule has 0 atom stereocenters. The fourth-order valence-corrected chi connectivity index (χ4v) is 0. The zero-order valence-corrected chi connectivity index (χ0v) is 6.01. The van der Waals surface area contributed by atoms with Crippen LogP contribution in [0.25, 0.3) is 0 Å². The number of hydrogen-bond acceptors (Lipinski definition) is 0. The Morgan fingerprint density at radius 1 is 0.600 bits per heavy atom. The van der Waals surface area contributed by atoms with Crippen molar-refractivity contribution >= 4 is 8.41 Å². The minimum absolute atomic E-state index is 0. The van der Waals surface area contributed by atoms with Crippen molar-refractivity contribution in [3.63, 3.8) is 0 Å². The predicted molar refractivity (Wildman–Crippen MR) is 7.81 cm³/mol. The summed E-state index contributed by atoms with van der Waals surface area (Å²) in [5, 5.41) is 0. The van der Waals surface area contributed by atoms with Crippen LogP contribution in [0.3, 0.4) is 0 Å². The topological polar surface area (TPSA) is 85.5 Å². The molecule has 0 N–H and O–H groups in total. The van der Waals surface area contributed by atoms with E-state index in [1.54, 1.807) is 0 Å². The van der Waals surface area contributed by atoms with Crippen LogP contribution in [-0.2, 0) is 16.4 Å². The summed E-state index contributed by atoms with van der Waals surface area (Å²) in [7, 11) is 0. The molecule has 0 amide bonds. The molecule has 0 fully saturated rings. The van der Waals surface area contributed by atoms with E-state index >= 15 is 0 Å². The van der Waals surface area contributed by atoms with Crippen LogP contribution in [0.1, 0.15) is 0 Å². The van der Waals surface area contributed by atoms with Gasteiger partial charge in [-0.2, -0.15) is 0 Å². The van der Waals surface area contributed by atoms with E-state index in [1.165, 1.54) is 0 Å². The molecule has 0 aliphatic heterocycles. The van der Waals surface area contributed by atoms with Gasteiger partial charge >= 0.3 is 35.6 Å². The first-order valence-corrected chi connectivity index (χ1v) is 0. The minimum Gasteiger partial charge on any atom is -2.00 e. The Bertz CT molecular complexity index is 6.85. The van der Waals surface area contributed by atoms with Crippen LogP contribution in [0.15, 0.2) is 0 Å². The Labute approximate surface area is 60.2 Å². The fourth-order valence-electron chi connectivity index (χ4n) is 0. The molecule has 3 radical (unpaired) electrons. The Kier molecular flexibility index (Phi) is 1690. The van der Waals surface area contributed by atoms with Gasteiger partial charge in [0.25, 0.3) is 0 Å². The van der Waals surface area contributed by atoms with Crippen LogP contribution >= 0.6 is 0 Å². The molecular formula is BLaO3-3. The molecule has 5 heteroatoms. The maximum atomic E-state index is 0. The summed E-state index contributed by atoms with van der Waals surface area (Å²) >= 11 is 0. The number of rotatable bonds is 0. The number of hydrogen-bond donors (Lipinski definition) is 0. The predicted octanol–water partition coefficient (Wildman–Crippen LogP) is -0.737. The van der Waals surface area contributed by atoms with Gasteiger partial charge in [0.1, 0.15) is 0 Å². The summed E-state index contributed by atoms with van der Waals surface area (Å²) in [6.45, 7) is 0. The van der Waals surface area contributed by atoms with Crippen LogP contribution in [0, 0.1) is 35.6 Å². The molecule has 0 spiro atoms. The monoisotopic (exact) mass is 198 g/mol. The molecule has 0 bridgehead atoms. The molecule has 5 heavy (non-hydrogen) atoms. The Morgan fingerprint density at radius 2 is 0.600 bits per heavy atom. The van der Waals surface area contributed by atoms with Gasteiger partial charge in [0.15, 0.2) is 0 Å². The van der Waals surface area contributed by atoms with Crippen molar-refractivity contribution in [1.82, 2.24) is 0 Å². The van der Waals surface area contributed by atoms with E-state index in [0.29, 0.717) is 0 Å². The summed E-state index contributed by atoms with van der Waals surface area (Å²) in [5.41, 5.74) is 0. The molecule has 0 saturated carbocycles. The van der Waals surface area contributed by atoms with Crippen LogP contribution in [0.2, 0.25) is 0 Å². The van der Waals surface area contributed by atoms with Crippen molar-refractivity contribution in [3.8, 4) is 0 Å². The van der Waals surface area contributed by atoms with E-state index < -0.39 is 0 Å². The van der Waals surface area contributed by atoms with Gasteiger partial charge in [-0.3, -0.25) is 0 Å². The Balaban J connectivity index is 0. The zero-order valence-electron chi connectivity index (χ0n) is 2.38. The van der Waals surface area contributed by atoms with E-state index in [0.717, 1.165) is 0 Å². The van der Waals surface area contributed by atoms with E-state index in [4.69, 9.17) is 0 Å². The average molecular weight is 198 g/mol. The fraction of sp³-hybridized carbons (Fsp3) is 0. The van der Waals surface area contributed by atoms with Crippen LogP contribution in [0.5, 0.6) is 0 Å². The van der Waals surface area contributed by atoms with E-state index in [2.05, 4.69) is 0 Å². The molecule has 0 unspecified atom stereocenters. The summed E-state index contributed by atoms with van der Waals surface area (Å²) in [5.74, 6) is 0. The maximum Gasteiger partial charge on any atom is 3.00 e. The molecule has 0 saturated heterocycles. The maximum absolute atomic E-state index is 0. The molecule has 0 aliphatic rings. The molecule has 0 aliphatic carbocycles. The van der Waals surface area contributed by atoms with Crippen molar-refractivity contribution in [2.75, 3.05) is 0 Å². The molecule has 3 nitrogen and oxygen atoms in total. The molecule has 0 aromatic rings. The third kappa shape index (κ3) is 39.0. The van der Waals surface area contributed by atoms with E-state index in [-0.39, 0.29) is 60.4 Å². The van der Waals surface area contributed by atoms with Gasteiger partial charge in [0, 0.05) is 8.41 Å². The summed E-state index contributed by atoms with van der Waals surface area (Å²) in [6.07, 6.45) is 0. The molecule has 0 aromatic heterocycles. The Morgan fingerprint density at radius 3 is 0.600 bits per heavy atom. The summed E-state index contributed by atoms with van der Waals surface area (Å²) in [4.78, 5) is 0. The second-order valence-corrected chi connectivity index (χ2v) is 0. The first-order chi connectivity index (χ1) is 0. The van der Waals surface area contributed by atoms with Crippen molar-refractivity contribution < 1.29 is 52.0 Å². The van der Waals surface area contributed by atoms with Crippen molar-refractivity contribution in [1.29, 1.82) is 0 Å². The normalized spacial score (nSPS) is 0. The SMILES string of the molecule is [B].[La+3].[O-2].[O-2].[O-2]. The van der Waals surface area contributed by atoms with Gasteiger partial charge < -0.3 is 16.4 Å². The molecule has 0 aromatic carbocycles. The molecular weight excluding hydrogens is 198 g/mol. The Hall–Kier alpha value is 1.14. The third-order valence-electron chi connectivity index (χ3n) is 0. The van der Waals surface area contributed by atoms with Gasteiger partial charge in [-0.1, -0.05) is 0 Å². The molecule has 27 valence electrons. The largest absolute Gasteiger partial charge is 3.00 e. The van der Waals surface area contributed by atoms with Crippen molar-refractivity contribution in [2.45, 2.75) is 0 Å². The van der Waals surface area contributed by atoms with Crippen molar-refractivity contribution in [2.24, 2.45) is 0 Å². The molecule has 0 heterocycles. The zero-order chi connectivity index (χ0) is 0. The molecule has 0 rings (SSSR count). The first kappa shape index (κ1) is 125. The quantitative estimate of drug-likeness (QED) is 0.459. The van der Waals surface area contributed by atoms with Gasteiger partial charge in [-0.05, 0) is 0 Å². The van der Waals surface area contributed by atoms with E-state index in [1.807, 2.05) is 0 Å². The second kappa shape index (κ2) is 67.8. The standard InChI is InChI=1S/B.La.3O/q;+3;3*-2. The van der Waals surface area contributed by atoms with Crippen molar-refractivity contribution in [3.05, 3.63) is 0 Å².